The minimum absolute atomic E-state index is 0.0210. The van der Waals surface area contributed by atoms with E-state index < -0.39 is 0 Å². The van der Waals surface area contributed by atoms with E-state index in [4.69, 9.17) is 9.15 Å². The number of ether oxygens (including phenoxy) is 1. The van der Waals surface area contributed by atoms with Crippen molar-refractivity contribution in [3.8, 4) is 28.0 Å². The van der Waals surface area contributed by atoms with Gasteiger partial charge in [-0.15, -0.1) is 0 Å². The highest BCUT2D eigenvalue weighted by Crippen LogP contribution is 2.35. The van der Waals surface area contributed by atoms with E-state index in [9.17, 15) is 4.79 Å². The second kappa shape index (κ2) is 7.93. The maximum Gasteiger partial charge on any atom is 0.201 e. The molecule has 0 saturated carbocycles. The van der Waals surface area contributed by atoms with Gasteiger partial charge in [0.2, 0.25) is 5.43 Å². The van der Waals surface area contributed by atoms with Gasteiger partial charge < -0.3 is 9.15 Å². The topological polar surface area (TPSA) is 39.4 Å². The van der Waals surface area contributed by atoms with E-state index in [1.54, 1.807) is 7.11 Å². The summed E-state index contributed by atoms with van der Waals surface area (Å²) in [5, 5.41) is 1.18. The van der Waals surface area contributed by atoms with Gasteiger partial charge in [-0.2, -0.15) is 0 Å². The van der Waals surface area contributed by atoms with Crippen LogP contribution in [0.4, 0.5) is 0 Å². The van der Waals surface area contributed by atoms with Crippen molar-refractivity contribution in [3.63, 3.8) is 0 Å². The Morgan fingerprint density at radius 3 is 2.06 bits per heavy atom. The number of hydrogen-bond acceptors (Lipinski definition) is 3. The molecule has 4 aromatic carbocycles. The summed E-state index contributed by atoms with van der Waals surface area (Å²) in [5.74, 6) is 0.773. The molecule has 0 atom stereocenters. The number of para-hydroxylation sites is 1. The minimum atomic E-state index is -0.0210. The molecule has 5 rings (SSSR count). The summed E-state index contributed by atoms with van der Waals surface area (Å²) in [6.45, 7) is 6.62. The van der Waals surface area contributed by atoms with Crippen molar-refractivity contribution in [2.75, 3.05) is 7.11 Å². The van der Waals surface area contributed by atoms with Crippen LogP contribution in [0.1, 0.15) is 26.3 Å². The van der Waals surface area contributed by atoms with Crippen LogP contribution in [0.2, 0.25) is 0 Å². The van der Waals surface area contributed by atoms with Crippen molar-refractivity contribution >= 4 is 21.9 Å². The van der Waals surface area contributed by atoms with Crippen LogP contribution in [-0.2, 0) is 5.41 Å². The molecule has 0 amide bonds. The van der Waals surface area contributed by atoms with Crippen LogP contribution in [0, 0.1) is 0 Å². The number of fused-ring (bicyclic) bond motifs is 2. The summed E-state index contributed by atoms with van der Waals surface area (Å²) >= 11 is 0. The molecule has 0 unspecified atom stereocenters. The van der Waals surface area contributed by atoms with Crippen LogP contribution in [0.15, 0.2) is 94.1 Å². The van der Waals surface area contributed by atoms with Gasteiger partial charge in [0.25, 0.3) is 0 Å². The molecule has 0 N–H and O–H groups in total. The summed E-state index contributed by atoms with van der Waals surface area (Å²) in [6, 6.07) is 27.9. The maximum absolute atomic E-state index is 13.5. The van der Waals surface area contributed by atoms with Gasteiger partial charge in [0.05, 0.1) is 17.9 Å². The Kier molecular flexibility index (Phi) is 5.05. The first-order valence-electron chi connectivity index (χ1n) is 11.1. The van der Waals surface area contributed by atoms with Gasteiger partial charge in [-0.1, -0.05) is 69.3 Å². The number of hydrogen-bond donors (Lipinski definition) is 0. The van der Waals surface area contributed by atoms with Crippen molar-refractivity contribution in [1.82, 2.24) is 0 Å². The SMILES string of the molecule is COc1ccc(-c2cc(-c3ccc(C(C)(C)C)cc3)cc3oc4ccccc4c(=O)c23)cc1. The highest BCUT2D eigenvalue weighted by molar-refractivity contribution is 6.01. The fraction of sp³-hybridized carbons (Fsp3) is 0.167. The second-order valence-corrected chi connectivity index (χ2v) is 9.38. The molecule has 1 aromatic heterocycles. The Bertz CT molecular complexity index is 1520. The molecule has 0 saturated heterocycles. The number of rotatable bonds is 3. The molecule has 0 spiro atoms. The molecule has 0 fully saturated rings. The lowest BCUT2D eigenvalue weighted by atomic mass is 9.86. The highest BCUT2D eigenvalue weighted by atomic mass is 16.5. The van der Waals surface area contributed by atoms with Gasteiger partial charge in [0.15, 0.2) is 0 Å². The lowest BCUT2D eigenvalue weighted by Gasteiger charge is -2.19. The standard InChI is InChI=1S/C30H26O3/c1-30(2,3)22-13-9-19(10-14-22)21-17-25(20-11-15-23(32-4)16-12-20)28-27(18-21)33-26-8-6-5-7-24(26)29(28)31/h5-18H,1-4H3. The van der Waals surface area contributed by atoms with Crippen LogP contribution >= 0.6 is 0 Å². The van der Waals surface area contributed by atoms with E-state index in [0.29, 0.717) is 21.9 Å². The molecular formula is C30H26O3. The first-order chi connectivity index (χ1) is 15.8. The van der Waals surface area contributed by atoms with Crippen LogP contribution in [0.5, 0.6) is 5.75 Å². The Labute approximate surface area is 193 Å². The summed E-state index contributed by atoms with van der Waals surface area (Å²) in [4.78, 5) is 13.5. The Hall–Kier alpha value is -3.85. The number of benzene rings is 4. The van der Waals surface area contributed by atoms with Crippen molar-refractivity contribution in [2.45, 2.75) is 26.2 Å². The minimum Gasteiger partial charge on any atom is -0.497 e. The predicted molar refractivity (Wildman–Crippen MR) is 136 cm³/mol. The molecule has 164 valence electrons. The van der Waals surface area contributed by atoms with E-state index in [1.165, 1.54) is 5.56 Å². The summed E-state index contributed by atoms with van der Waals surface area (Å²) in [7, 11) is 1.65. The second-order valence-electron chi connectivity index (χ2n) is 9.38. The summed E-state index contributed by atoms with van der Waals surface area (Å²) in [5.41, 5.74) is 6.40. The average Bonchev–Trinajstić information content (AvgIpc) is 2.83. The molecule has 0 aliphatic heterocycles. The van der Waals surface area contributed by atoms with E-state index in [1.807, 2.05) is 54.6 Å². The zero-order valence-corrected chi connectivity index (χ0v) is 19.3. The quantitative estimate of drug-likeness (QED) is 0.275. The lowest BCUT2D eigenvalue weighted by molar-refractivity contribution is 0.415. The van der Waals surface area contributed by atoms with Crippen molar-refractivity contribution in [1.29, 1.82) is 0 Å². The van der Waals surface area contributed by atoms with Crippen LogP contribution in [0.25, 0.3) is 44.2 Å². The van der Waals surface area contributed by atoms with Crippen LogP contribution < -0.4 is 10.2 Å². The maximum atomic E-state index is 13.5. The average molecular weight is 435 g/mol. The lowest BCUT2D eigenvalue weighted by Crippen LogP contribution is -2.10. The third-order valence-electron chi connectivity index (χ3n) is 6.17. The van der Waals surface area contributed by atoms with E-state index in [0.717, 1.165) is 28.0 Å². The van der Waals surface area contributed by atoms with Gasteiger partial charge in [0.1, 0.15) is 16.9 Å². The Morgan fingerprint density at radius 2 is 1.39 bits per heavy atom. The number of methoxy groups -OCH3 is 1. The van der Waals surface area contributed by atoms with Gasteiger partial charge in [-0.25, -0.2) is 0 Å². The van der Waals surface area contributed by atoms with E-state index in [-0.39, 0.29) is 10.8 Å². The normalized spacial score (nSPS) is 11.8. The summed E-state index contributed by atoms with van der Waals surface area (Å²) in [6.07, 6.45) is 0. The highest BCUT2D eigenvalue weighted by Gasteiger charge is 2.17. The van der Waals surface area contributed by atoms with Gasteiger partial charge >= 0.3 is 0 Å². The zero-order valence-electron chi connectivity index (χ0n) is 19.3. The fourth-order valence-electron chi connectivity index (χ4n) is 4.25. The zero-order chi connectivity index (χ0) is 23.2. The Morgan fingerprint density at radius 1 is 0.727 bits per heavy atom. The first kappa shape index (κ1) is 21.0. The molecule has 3 nitrogen and oxygen atoms in total. The molecule has 0 aliphatic rings. The molecule has 0 bridgehead atoms. The van der Waals surface area contributed by atoms with Crippen molar-refractivity contribution in [2.24, 2.45) is 0 Å². The molecular weight excluding hydrogens is 408 g/mol. The molecule has 0 radical (unpaired) electrons. The smallest absolute Gasteiger partial charge is 0.201 e. The third kappa shape index (κ3) is 3.80. The summed E-state index contributed by atoms with van der Waals surface area (Å²) < 4.78 is 11.6. The van der Waals surface area contributed by atoms with E-state index in [2.05, 4.69) is 51.1 Å². The first-order valence-corrected chi connectivity index (χ1v) is 11.1. The van der Waals surface area contributed by atoms with Crippen LogP contribution in [0.3, 0.4) is 0 Å². The third-order valence-corrected chi connectivity index (χ3v) is 6.17. The van der Waals surface area contributed by atoms with Crippen molar-refractivity contribution in [3.05, 3.63) is 101 Å². The molecule has 5 aromatic rings. The monoisotopic (exact) mass is 434 g/mol. The fourth-order valence-corrected chi connectivity index (χ4v) is 4.25. The largest absolute Gasteiger partial charge is 0.497 e. The molecule has 33 heavy (non-hydrogen) atoms. The van der Waals surface area contributed by atoms with E-state index >= 15 is 0 Å². The van der Waals surface area contributed by atoms with Crippen molar-refractivity contribution < 1.29 is 9.15 Å². The van der Waals surface area contributed by atoms with Gasteiger partial charge in [-0.05, 0) is 69.6 Å². The molecule has 0 aliphatic carbocycles. The van der Waals surface area contributed by atoms with Crippen LogP contribution in [-0.4, -0.2) is 7.11 Å². The molecule has 3 heteroatoms. The predicted octanol–water partition coefficient (Wildman–Crippen LogP) is 7.59. The Balaban J connectivity index is 1.79. The van der Waals surface area contributed by atoms with Gasteiger partial charge in [0, 0.05) is 0 Å². The van der Waals surface area contributed by atoms with Gasteiger partial charge in [-0.3, -0.25) is 4.79 Å². The molecule has 1 heterocycles.